The third-order valence-corrected chi connectivity index (χ3v) is 2.90. The number of carbonyl (C=O) groups excluding carboxylic acids is 2. The van der Waals surface area contributed by atoms with Crippen LogP contribution < -0.4 is 0 Å². The molecule has 6 heteroatoms. The lowest BCUT2D eigenvalue weighted by molar-refractivity contribution is -0.126. The molecule has 0 aromatic heterocycles. The Bertz CT molecular complexity index is 389. The second kappa shape index (κ2) is 5.67. The highest BCUT2D eigenvalue weighted by Crippen LogP contribution is 2.31. The summed E-state index contributed by atoms with van der Waals surface area (Å²) in [6.45, 7) is 2.02. The summed E-state index contributed by atoms with van der Waals surface area (Å²) in [7, 11) is 1.38. The van der Waals surface area contributed by atoms with Crippen LogP contribution in [0.2, 0.25) is 0 Å². The molecule has 0 saturated carbocycles. The molecule has 2 atom stereocenters. The zero-order valence-corrected chi connectivity index (χ0v) is 10.9. The molecular weight excluding hydrogens is 267 g/mol. The highest BCUT2D eigenvalue weighted by molar-refractivity contribution is 6.66. The molecule has 0 radical (unpaired) electrons. The summed E-state index contributed by atoms with van der Waals surface area (Å²) in [5.41, 5.74) is -1.38. The number of ether oxygens (including phenoxy) is 2. The van der Waals surface area contributed by atoms with Gasteiger partial charge >= 0.3 is 0 Å². The van der Waals surface area contributed by atoms with E-state index in [1.165, 1.54) is 25.3 Å². The van der Waals surface area contributed by atoms with Crippen LogP contribution in [0.1, 0.15) is 6.92 Å². The molecule has 0 bridgehead atoms. The van der Waals surface area contributed by atoms with E-state index in [0.29, 0.717) is 0 Å². The van der Waals surface area contributed by atoms with Crippen molar-refractivity contribution in [1.29, 1.82) is 0 Å². The van der Waals surface area contributed by atoms with E-state index in [-0.39, 0.29) is 12.4 Å². The van der Waals surface area contributed by atoms with Crippen LogP contribution in [-0.4, -0.2) is 29.8 Å². The van der Waals surface area contributed by atoms with Gasteiger partial charge in [0, 0.05) is 6.61 Å². The number of carbonyl (C=O) groups is 2. The molecule has 0 heterocycles. The van der Waals surface area contributed by atoms with Gasteiger partial charge in [0.15, 0.2) is 5.60 Å². The van der Waals surface area contributed by atoms with E-state index >= 15 is 0 Å². The number of methoxy groups -OCH3 is 1. The fourth-order valence-corrected chi connectivity index (χ4v) is 1.92. The van der Waals surface area contributed by atoms with Gasteiger partial charge in [-0.3, -0.25) is 9.59 Å². The van der Waals surface area contributed by atoms with Crippen molar-refractivity contribution in [2.75, 3.05) is 13.7 Å². The van der Waals surface area contributed by atoms with Crippen LogP contribution in [0.3, 0.4) is 0 Å². The van der Waals surface area contributed by atoms with E-state index in [1.807, 2.05) is 0 Å². The van der Waals surface area contributed by atoms with Gasteiger partial charge in [-0.05, 0) is 42.3 Å². The smallest absolute Gasteiger partial charge is 0.261 e. The van der Waals surface area contributed by atoms with E-state index in [1.54, 1.807) is 6.92 Å². The van der Waals surface area contributed by atoms with Crippen molar-refractivity contribution in [1.82, 2.24) is 0 Å². The second-order valence-electron chi connectivity index (χ2n) is 3.39. The Labute approximate surface area is 109 Å². The number of hydrogen-bond acceptors (Lipinski definition) is 4. The Kier molecular flexibility index (Phi) is 4.74. The molecule has 17 heavy (non-hydrogen) atoms. The number of rotatable bonds is 5. The summed E-state index contributed by atoms with van der Waals surface area (Å²) < 4.78 is 10.3. The van der Waals surface area contributed by atoms with Gasteiger partial charge < -0.3 is 9.47 Å². The molecule has 0 spiro atoms. The Hall–Kier alpha value is -0.840. The molecule has 4 nitrogen and oxygen atoms in total. The van der Waals surface area contributed by atoms with Crippen molar-refractivity contribution in [2.45, 2.75) is 12.5 Å². The monoisotopic (exact) mass is 278 g/mol. The van der Waals surface area contributed by atoms with Crippen LogP contribution in [-0.2, 0) is 19.1 Å². The fraction of sp³-hybridized carbons (Fsp3) is 0.455. The van der Waals surface area contributed by atoms with Crippen LogP contribution in [0, 0.1) is 5.92 Å². The summed E-state index contributed by atoms with van der Waals surface area (Å²) >= 11 is 10.9. The number of hydrogen-bond donors (Lipinski definition) is 0. The minimum absolute atomic E-state index is 0.245. The predicted molar refractivity (Wildman–Crippen MR) is 63.8 cm³/mol. The first-order chi connectivity index (χ1) is 7.96. The van der Waals surface area contributed by atoms with E-state index < -0.39 is 22.0 Å². The van der Waals surface area contributed by atoms with Crippen molar-refractivity contribution in [3.8, 4) is 0 Å². The number of allylic oxidation sites excluding steroid dienone is 1. The van der Waals surface area contributed by atoms with Crippen LogP contribution in [0.15, 0.2) is 24.0 Å². The maximum atomic E-state index is 11.4. The molecule has 0 aliphatic heterocycles. The molecule has 1 aliphatic carbocycles. The van der Waals surface area contributed by atoms with Gasteiger partial charge in [0.2, 0.25) is 5.24 Å². The van der Waals surface area contributed by atoms with E-state index in [4.69, 9.17) is 32.7 Å². The quantitative estimate of drug-likeness (QED) is 0.570. The molecule has 1 aliphatic rings. The third-order valence-electron chi connectivity index (χ3n) is 2.37. The highest BCUT2D eigenvalue weighted by Gasteiger charge is 2.39. The van der Waals surface area contributed by atoms with E-state index in [2.05, 4.69) is 0 Å². The second-order valence-corrected chi connectivity index (χ2v) is 4.11. The average molecular weight is 279 g/mol. The van der Waals surface area contributed by atoms with Gasteiger partial charge in [0.05, 0.1) is 7.11 Å². The van der Waals surface area contributed by atoms with Crippen molar-refractivity contribution in [3.05, 3.63) is 24.0 Å². The minimum atomic E-state index is -1.38. The largest absolute Gasteiger partial charge is 0.500 e. The molecular formula is C11H12Cl2O4. The molecule has 0 aromatic rings. The standard InChI is InChI=1S/C11H12Cl2O4/c1-3-17-11(10(13)15)5-4-7(9(12)14)8(6-11)16-2/h4-7H,3H2,1-2H3. The summed E-state index contributed by atoms with van der Waals surface area (Å²) in [5.74, 6) is -0.471. The molecule has 94 valence electrons. The Balaban J connectivity index is 3.14. The predicted octanol–water partition coefficient (Wildman–Crippen LogP) is 2.01. The first kappa shape index (κ1) is 14.2. The minimum Gasteiger partial charge on any atom is -0.500 e. The molecule has 0 fully saturated rings. The SMILES string of the molecule is CCOC1(C(=O)Cl)C=CC(C(=O)Cl)C(OC)=C1. The first-order valence-corrected chi connectivity index (χ1v) is 5.71. The van der Waals surface area contributed by atoms with Crippen molar-refractivity contribution < 1.29 is 19.1 Å². The van der Waals surface area contributed by atoms with Crippen molar-refractivity contribution >= 4 is 33.7 Å². The van der Waals surface area contributed by atoms with Gasteiger partial charge in [0.25, 0.3) is 5.24 Å². The van der Waals surface area contributed by atoms with Crippen LogP contribution in [0.4, 0.5) is 0 Å². The van der Waals surface area contributed by atoms with Crippen LogP contribution in [0.5, 0.6) is 0 Å². The molecule has 1 rings (SSSR count). The van der Waals surface area contributed by atoms with Gasteiger partial charge in [0.1, 0.15) is 11.7 Å². The number of halogens is 2. The topological polar surface area (TPSA) is 52.6 Å². The summed E-state index contributed by atoms with van der Waals surface area (Å²) in [6, 6.07) is 0. The van der Waals surface area contributed by atoms with Crippen LogP contribution in [0.25, 0.3) is 0 Å². The van der Waals surface area contributed by atoms with Gasteiger partial charge in [-0.2, -0.15) is 0 Å². The third kappa shape index (κ3) is 2.89. The lowest BCUT2D eigenvalue weighted by Crippen LogP contribution is -2.38. The van der Waals surface area contributed by atoms with Crippen LogP contribution >= 0.6 is 23.2 Å². The van der Waals surface area contributed by atoms with E-state index in [9.17, 15) is 9.59 Å². The lowest BCUT2D eigenvalue weighted by Gasteiger charge is -2.28. The Morgan fingerprint density at radius 2 is 2.12 bits per heavy atom. The average Bonchev–Trinajstić information content (AvgIpc) is 2.28. The lowest BCUT2D eigenvalue weighted by atomic mass is 9.92. The Morgan fingerprint density at radius 3 is 2.53 bits per heavy atom. The van der Waals surface area contributed by atoms with Crippen molar-refractivity contribution in [3.63, 3.8) is 0 Å². The molecule has 2 unspecified atom stereocenters. The molecule has 0 aromatic carbocycles. The van der Waals surface area contributed by atoms with Gasteiger partial charge in [-0.15, -0.1) is 0 Å². The summed E-state index contributed by atoms with van der Waals surface area (Å²) in [6.07, 6.45) is 4.24. The van der Waals surface area contributed by atoms with E-state index in [0.717, 1.165) is 0 Å². The summed E-state index contributed by atoms with van der Waals surface area (Å²) in [4.78, 5) is 22.6. The van der Waals surface area contributed by atoms with Gasteiger partial charge in [-0.25, -0.2) is 0 Å². The zero-order chi connectivity index (χ0) is 13.1. The maximum Gasteiger partial charge on any atom is 0.261 e. The zero-order valence-electron chi connectivity index (χ0n) is 9.41. The molecule has 0 N–H and O–H groups in total. The highest BCUT2D eigenvalue weighted by atomic mass is 35.5. The fourth-order valence-electron chi connectivity index (χ4n) is 1.56. The Morgan fingerprint density at radius 1 is 1.47 bits per heavy atom. The molecule has 0 amide bonds. The first-order valence-electron chi connectivity index (χ1n) is 4.96. The summed E-state index contributed by atoms with van der Waals surface area (Å²) in [5, 5.41) is -1.30. The normalized spacial score (nSPS) is 27.5. The van der Waals surface area contributed by atoms with Gasteiger partial charge in [-0.1, -0.05) is 6.08 Å². The molecule has 0 saturated heterocycles. The van der Waals surface area contributed by atoms with Crippen molar-refractivity contribution in [2.24, 2.45) is 5.92 Å². The maximum absolute atomic E-state index is 11.4.